The summed E-state index contributed by atoms with van der Waals surface area (Å²) in [6, 6.07) is 3.98. The van der Waals surface area contributed by atoms with Crippen LogP contribution in [0.5, 0.6) is 0 Å². The van der Waals surface area contributed by atoms with Gasteiger partial charge in [0.05, 0.1) is 12.2 Å². The Balaban J connectivity index is 2.89. The molecule has 0 atom stereocenters. The summed E-state index contributed by atoms with van der Waals surface area (Å²) in [5.41, 5.74) is 5.92. The summed E-state index contributed by atoms with van der Waals surface area (Å²) in [5, 5.41) is 0. The number of carbonyl (C=O) groups excluding carboxylic acids is 1. The average molecular weight is 240 g/mol. The van der Waals surface area contributed by atoms with E-state index in [1.54, 1.807) is 7.11 Å². The number of likely N-dealkylation sites (N-methyl/N-ethyl adjacent to an activating group) is 1. The van der Waals surface area contributed by atoms with Gasteiger partial charge in [0.1, 0.15) is 5.82 Å². The number of carbonyl (C=O) groups is 1. The number of rotatable bonds is 5. The highest BCUT2D eigenvalue weighted by molar-refractivity contribution is 5.95. The van der Waals surface area contributed by atoms with Gasteiger partial charge in [-0.05, 0) is 25.1 Å². The van der Waals surface area contributed by atoms with Crippen LogP contribution in [-0.4, -0.2) is 37.6 Å². The summed E-state index contributed by atoms with van der Waals surface area (Å²) in [6.07, 6.45) is 0. The molecule has 0 aromatic heterocycles. The lowest BCUT2D eigenvalue weighted by atomic mass is 10.1. The zero-order valence-corrected chi connectivity index (χ0v) is 10.1. The second-order valence-electron chi connectivity index (χ2n) is 3.62. The molecule has 0 radical (unpaired) electrons. The van der Waals surface area contributed by atoms with E-state index < -0.39 is 5.82 Å². The molecule has 1 aromatic carbocycles. The molecule has 0 aliphatic rings. The Labute approximate surface area is 100 Å². The van der Waals surface area contributed by atoms with Crippen molar-refractivity contribution in [3.63, 3.8) is 0 Å². The van der Waals surface area contributed by atoms with Crippen molar-refractivity contribution < 1.29 is 13.9 Å². The zero-order valence-electron chi connectivity index (χ0n) is 10.1. The van der Waals surface area contributed by atoms with E-state index in [0.29, 0.717) is 25.4 Å². The smallest absolute Gasteiger partial charge is 0.256 e. The van der Waals surface area contributed by atoms with Crippen molar-refractivity contribution in [2.45, 2.75) is 6.92 Å². The number of nitrogens with zero attached hydrogens (tertiary/aromatic N) is 1. The van der Waals surface area contributed by atoms with Crippen molar-refractivity contribution in [1.82, 2.24) is 4.90 Å². The summed E-state index contributed by atoms with van der Waals surface area (Å²) >= 11 is 0. The molecule has 1 rings (SSSR count). The summed E-state index contributed by atoms with van der Waals surface area (Å²) in [6.45, 7) is 3.18. The van der Waals surface area contributed by atoms with Crippen molar-refractivity contribution in [1.29, 1.82) is 0 Å². The van der Waals surface area contributed by atoms with Crippen molar-refractivity contribution >= 4 is 11.6 Å². The minimum Gasteiger partial charge on any atom is -0.399 e. The second kappa shape index (κ2) is 6.20. The highest BCUT2D eigenvalue weighted by atomic mass is 19.1. The van der Waals surface area contributed by atoms with E-state index in [1.807, 2.05) is 6.92 Å². The number of ether oxygens (including phenoxy) is 1. The monoisotopic (exact) mass is 240 g/mol. The van der Waals surface area contributed by atoms with Crippen LogP contribution in [0.3, 0.4) is 0 Å². The van der Waals surface area contributed by atoms with Crippen LogP contribution in [0.25, 0.3) is 0 Å². The molecular formula is C12H17FN2O2. The minimum absolute atomic E-state index is 0.00273. The zero-order chi connectivity index (χ0) is 12.8. The molecule has 0 aliphatic carbocycles. The lowest BCUT2D eigenvalue weighted by molar-refractivity contribution is 0.0702. The fourth-order valence-corrected chi connectivity index (χ4v) is 1.48. The predicted octanol–water partition coefficient (Wildman–Crippen LogP) is 1.52. The summed E-state index contributed by atoms with van der Waals surface area (Å²) in [4.78, 5) is 13.5. The molecule has 5 heteroatoms. The van der Waals surface area contributed by atoms with Crippen LogP contribution in [0.1, 0.15) is 17.3 Å². The van der Waals surface area contributed by atoms with Gasteiger partial charge in [-0.15, -0.1) is 0 Å². The van der Waals surface area contributed by atoms with Gasteiger partial charge < -0.3 is 15.4 Å². The Morgan fingerprint density at radius 1 is 1.53 bits per heavy atom. The third kappa shape index (κ3) is 3.42. The Kier molecular flexibility index (Phi) is 4.90. The molecule has 0 heterocycles. The fraction of sp³-hybridized carbons (Fsp3) is 0.417. The Morgan fingerprint density at radius 3 is 2.82 bits per heavy atom. The molecule has 1 amide bonds. The van der Waals surface area contributed by atoms with Gasteiger partial charge in [0.2, 0.25) is 0 Å². The van der Waals surface area contributed by atoms with Gasteiger partial charge in [0.15, 0.2) is 0 Å². The number of amides is 1. The van der Waals surface area contributed by atoms with Crippen LogP contribution in [0, 0.1) is 5.82 Å². The third-order valence-electron chi connectivity index (χ3n) is 2.46. The van der Waals surface area contributed by atoms with Crippen LogP contribution in [0.2, 0.25) is 0 Å². The first-order valence-corrected chi connectivity index (χ1v) is 5.43. The van der Waals surface area contributed by atoms with E-state index in [2.05, 4.69) is 0 Å². The minimum atomic E-state index is -0.555. The van der Waals surface area contributed by atoms with Gasteiger partial charge in [0, 0.05) is 25.9 Å². The maximum atomic E-state index is 13.5. The molecule has 4 nitrogen and oxygen atoms in total. The molecule has 0 saturated heterocycles. The molecule has 0 saturated carbocycles. The predicted molar refractivity (Wildman–Crippen MR) is 64.3 cm³/mol. The second-order valence-corrected chi connectivity index (χ2v) is 3.62. The van der Waals surface area contributed by atoms with Gasteiger partial charge in [-0.1, -0.05) is 0 Å². The normalized spacial score (nSPS) is 10.3. The van der Waals surface area contributed by atoms with E-state index in [9.17, 15) is 9.18 Å². The quantitative estimate of drug-likeness (QED) is 0.794. The number of hydrogen-bond acceptors (Lipinski definition) is 3. The van der Waals surface area contributed by atoms with Crippen molar-refractivity contribution in [3.05, 3.63) is 29.6 Å². The maximum absolute atomic E-state index is 13.5. The van der Waals surface area contributed by atoms with E-state index in [1.165, 1.54) is 23.1 Å². The Morgan fingerprint density at radius 2 is 2.24 bits per heavy atom. The van der Waals surface area contributed by atoms with Crippen molar-refractivity contribution in [3.8, 4) is 0 Å². The van der Waals surface area contributed by atoms with Gasteiger partial charge in [-0.2, -0.15) is 0 Å². The lowest BCUT2D eigenvalue weighted by Crippen LogP contribution is -2.34. The van der Waals surface area contributed by atoms with E-state index >= 15 is 0 Å². The largest absolute Gasteiger partial charge is 0.399 e. The van der Waals surface area contributed by atoms with Crippen LogP contribution in [0.15, 0.2) is 18.2 Å². The lowest BCUT2D eigenvalue weighted by Gasteiger charge is -2.20. The maximum Gasteiger partial charge on any atom is 0.256 e. The molecule has 0 spiro atoms. The van der Waals surface area contributed by atoms with E-state index in [4.69, 9.17) is 10.5 Å². The number of nitrogens with two attached hydrogens (primary N) is 1. The average Bonchev–Trinajstić information content (AvgIpc) is 2.33. The van der Waals surface area contributed by atoms with Gasteiger partial charge in [0.25, 0.3) is 5.91 Å². The molecule has 0 aliphatic heterocycles. The molecule has 0 bridgehead atoms. The fourth-order valence-electron chi connectivity index (χ4n) is 1.48. The summed E-state index contributed by atoms with van der Waals surface area (Å²) < 4.78 is 18.4. The molecule has 1 aromatic rings. The number of anilines is 1. The standard InChI is InChI=1S/C12H17FN2O2/c1-3-15(6-7-17-2)12(16)10-8-9(14)4-5-11(10)13/h4-5,8H,3,6-7,14H2,1-2H3. The topological polar surface area (TPSA) is 55.6 Å². The number of nitrogen functional groups attached to an aromatic ring is 1. The number of halogens is 1. The summed E-state index contributed by atoms with van der Waals surface area (Å²) in [5.74, 6) is -0.922. The molecule has 0 fully saturated rings. The number of methoxy groups -OCH3 is 1. The molecule has 0 unspecified atom stereocenters. The van der Waals surface area contributed by atoms with Gasteiger partial charge in [-0.25, -0.2) is 4.39 Å². The number of benzene rings is 1. The highest BCUT2D eigenvalue weighted by Gasteiger charge is 2.17. The van der Waals surface area contributed by atoms with Gasteiger partial charge >= 0.3 is 0 Å². The van der Waals surface area contributed by atoms with Crippen LogP contribution in [0.4, 0.5) is 10.1 Å². The first kappa shape index (κ1) is 13.4. The van der Waals surface area contributed by atoms with Crippen molar-refractivity contribution in [2.75, 3.05) is 32.5 Å². The third-order valence-corrected chi connectivity index (χ3v) is 2.46. The van der Waals surface area contributed by atoms with Crippen molar-refractivity contribution in [2.24, 2.45) is 0 Å². The molecule has 94 valence electrons. The summed E-state index contributed by atoms with van der Waals surface area (Å²) in [7, 11) is 1.55. The van der Waals surface area contributed by atoms with Crippen LogP contribution in [-0.2, 0) is 4.74 Å². The Hall–Kier alpha value is -1.62. The van der Waals surface area contributed by atoms with Crippen LogP contribution >= 0.6 is 0 Å². The highest BCUT2D eigenvalue weighted by Crippen LogP contribution is 2.14. The molecule has 17 heavy (non-hydrogen) atoms. The van der Waals surface area contributed by atoms with E-state index in [-0.39, 0.29) is 11.5 Å². The first-order valence-electron chi connectivity index (χ1n) is 5.43. The number of hydrogen-bond donors (Lipinski definition) is 1. The Bertz CT molecular complexity index is 396. The van der Waals surface area contributed by atoms with E-state index in [0.717, 1.165) is 0 Å². The first-order chi connectivity index (χ1) is 8.10. The SMILES string of the molecule is CCN(CCOC)C(=O)c1cc(N)ccc1F. The van der Waals surface area contributed by atoms with Crippen LogP contribution < -0.4 is 5.73 Å². The molecular weight excluding hydrogens is 223 g/mol. The molecule has 2 N–H and O–H groups in total. The van der Waals surface area contributed by atoms with Gasteiger partial charge in [-0.3, -0.25) is 4.79 Å².